The van der Waals surface area contributed by atoms with Gasteiger partial charge in [0.2, 0.25) is 0 Å². The molecular weight excluding hydrogens is 260 g/mol. The van der Waals surface area contributed by atoms with Gasteiger partial charge in [0.05, 0.1) is 12.7 Å². The Kier molecular flexibility index (Phi) is 2.85. The van der Waals surface area contributed by atoms with E-state index in [9.17, 15) is 4.79 Å². The number of aromatic carboxylic acids is 1. The van der Waals surface area contributed by atoms with E-state index in [0.29, 0.717) is 5.76 Å². The summed E-state index contributed by atoms with van der Waals surface area (Å²) in [5, 5.41) is 12.4. The van der Waals surface area contributed by atoms with Gasteiger partial charge in [0.15, 0.2) is 11.5 Å². The molecule has 0 bridgehead atoms. The molecule has 3 rings (SSSR count). The van der Waals surface area contributed by atoms with Crippen LogP contribution in [-0.4, -0.2) is 36.9 Å². The van der Waals surface area contributed by atoms with Crippen molar-refractivity contribution in [2.75, 3.05) is 25.6 Å². The van der Waals surface area contributed by atoms with Crippen LogP contribution >= 0.6 is 0 Å². The molecule has 2 aromatic rings. The summed E-state index contributed by atoms with van der Waals surface area (Å²) in [4.78, 5) is 13.0. The number of ether oxygens (including phenoxy) is 1. The molecule has 0 saturated carbocycles. The van der Waals surface area contributed by atoms with Crippen LogP contribution in [0.3, 0.4) is 0 Å². The molecule has 0 spiro atoms. The van der Waals surface area contributed by atoms with Gasteiger partial charge in [-0.15, -0.1) is 0 Å². The van der Waals surface area contributed by atoms with Crippen LogP contribution in [0.15, 0.2) is 22.7 Å². The Hall–Kier alpha value is -2.50. The van der Waals surface area contributed by atoms with Gasteiger partial charge >= 0.3 is 5.97 Å². The zero-order valence-electron chi connectivity index (χ0n) is 11.2. The number of carboxylic acid groups (broad SMARTS) is 1. The highest BCUT2D eigenvalue weighted by Gasteiger charge is 2.24. The summed E-state index contributed by atoms with van der Waals surface area (Å²) >= 11 is 0. The van der Waals surface area contributed by atoms with Crippen LogP contribution in [0.2, 0.25) is 0 Å². The van der Waals surface area contributed by atoms with Gasteiger partial charge in [0.1, 0.15) is 5.75 Å². The molecule has 1 N–H and O–H groups in total. The number of fused-ring (bicyclic) bond motifs is 1. The van der Waals surface area contributed by atoms with Crippen molar-refractivity contribution >= 4 is 11.7 Å². The van der Waals surface area contributed by atoms with Crippen LogP contribution in [0, 0.1) is 0 Å². The number of anilines is 1. The van der Waals surface area contributed by atoms with Crippen LogP contribution in [-0.2, 0) is 6.42 Å². The fourth-order valence-corrected chi connectivity index (χ4v) is 2.55. The van der Waals surface area contributed by atoms with Crippen molar-refractivity contribution in [1.29, 1.82) is 0 Å². The number of hydrogen-bond donors (Lipinski definition) is 1. The minimum atomic E-state index is -1.11. The number of likely N-dealkylation sites (N-methyl/N-ethyl adjacent to an activating group) is 1. The van der Waals surface area contributed by atoms with Gasteiger partial charge in [-0.05, 0) is 18.6 Å². The van der Waals surface area contributed by atoms with Crippen molar-refractivity contribution in [3.05, 3.63) is 29.5 Å². The van der Waals surface area contributed by atoms with E-state index in [-0.39, 0.29) is 5.69 Å². The first-order valence-corrected chi connectivity index (χ1v) is 6.23. The predicted molar refractivity (Wildman–Crippen MR) is 72.4 cm³/mol. The van der Waals surface area contributed by atoms with E-state index >= 15 is 0 Å². The van der Waals surface area contributed by atoms with E-state index in [0.717, 1.165) is 35.5 Å². The largest absolute Gasteiger partial charge is 0.496 e. The van der Waals surface area contributed by atoms with Gasteiger partial charge in [0, 0.05) is 30.9 Å². The number of carbonyl (C=O) groups is 1. The summed E-state index contributed by atoms with van der Waals surface area (Å²) in [7, 11) is 3.63. The minimum Gasteiger partial charge on any atom is -0.496 e. The van der Waals surface area contributed by atoms with Crippen LogP contribution in [0.1, 0.15) is 16.1 Å². The molecule has 0 aliphatic carbocycles. The topological polar surface area (TPSA) is 75.8 Å². The first-order chi connectivity index (χ1) is 9.61. The molecule has 6 heteroatoms. The molecule has 1 aromatic heterocycles. The first-order valence-electron chi connectivity index (χ1n) is 6.23. The number of nitrogens with zero attached hydrogens (tertiary/aromatic N) is 2. The fraction of sp³-hybridized carbons (Fsp3) is 0.286. The van der Waals surface area contributed by atoms with Crippen molar-refractivity contribution < 1.29 is 19.2 Å². The maximum Gasteiger partial charge on any atom is 0.358 e. The van der Waals surface area contributed by atoms with Gasteiger partial charge < -0.3 is 19.3 Å². The molecule has 0 radical (unpaired) electrons. The normalized spacial score (nSPS) is 13.4. The molecule has 2 heterocycles. The Morgan fingerprint density at radius 2 is 2.30 bits per heavy atom. The third-order valence-corrected chi connectivity index (χ3v) is 3.54. The second-order valence-corrected chi connectivity index (χ2v) is 4.70. The number of benzene rings is 1. The van der Waals surface area contributed by atoms with Gasteiger partial charge in [-0.2, -0.15) is 0 Å². The Labute approximate surface area is 115 Å². The molecule has 0 atom stereocenters. The van der Waals surface area contributed by atoms with Crippen molar-refractivity contribution in [3.63, 3.8) is 0 Å². The minimum absolute atomic E-state index is 0.111. The van der Waals surface area contributed by atoms with E-state index in [1.165, 1.54) is 6.07 Å². The average molecular weight is 274 g/mol. The van der Waals surface area contributed by atoms with Crippen molar-refractivity contribution in [1.82, 2.24) is 5.16 Å². The zero-order chi connectivity index (χ0) is 14.3. The molecule has 1 aliphatic rings. The Bertz CT molecular complexity index is 678. The standard InChI is InChI=1S/C14H14N2O4/c1-16-6-5-8-11(16)4-3-9(13(8)19-2)12-7-10(14(17)18)15-20-12/h3-4,7H,5-6H2,1-2H3,(H,17,18). The van der Waals surface area contributed by atoms with Gasteiger partial charge in [-0.25, -0.2) is 4.79 Å². The summed E-state index contributed by atoms with van der Waals surface area (Å²) < 4.78 is 10.6. The lowest BCUT2D eigenvalue weighted by molar-refractivity contribution is 0.0686. The maximum absolute atomic E-state index is 10.9. The molecule has 0 amide bonds. The van der Waals surface area contributed by atoms with E-state index in [1.807, 2.05) is 19.2 Å². The number of methoxy groups -OCH3 is 1. The monoisotopic (exact) mass is 274 g/mol. The lowest BCUT2D eigenvalue weighted by atomic mass is 10.0. The van der Waals surface area contributed by atoms with Crippen LogP contribution in [0.5, 0.6) is 5.75 Å². The van der Waals surface area contributed by atoms with E-state index in [4.69, 9.17) is 14.4 Å². The summed E-state index contributed by atoms with van der Waals surface area (Å²) in [6.07, 6.45) is 0.892. The van der Waals surface area contributed by atoms with E-state index < -0.39 is 5.97 Å². The predicted octanol–water partition coefficient (Wildman–Crippen LogP) is 2.04. The van der Waals surface area contributed by atoms with Crippen molar-refractivity contribution in [2.24, 2.45) is 0 Å². The van der Waals surface area contributed by atoms with Crippen molar-refractivity contribution in [2.45, 2.75) is 6.42 Å². The van der Waals surface area contributed by atoms with E-state index in [2.05, 4.69) is 10.1 Å². The van der Waals surface area contributed by atoms with Gasteiger partial charge in [-0.1, -0.05) is 5.16 Å². The molecule has 0 fully saturated rings. The Morgan fingerprint density at radius 3 is 2.95 bits per heavy atom. The van der Waals surface area contributed by atoms with Crippen molar-refractivity contribution in [3.8, 4) is 17.1 Å². The molecule has 20 heavy (non-hydrogen) atoms. The third-order valence-electron chi connectivity index (χ3n) is 3.54. The molecule has 104 valence electrons. The quantitative estimate of drug-likeness (QED) is 0.923. The second-order valence-electron chi connectivity index (χ2n) is 4.70. The first kappa shape index (κ1) is 12.5. The molecule has 1 aliphatic heterocycles. The van der Waals surface area contributed by atoms with Gasteiger partial charge in [-0.3, -0.25) is 0 Å². The molecule has 0 unspecified atom stereocenters. The third kappa shape index (κ3) is 1.80. The highest BCUT2D eigenvalue weighted by Crippen LogP contribution is 2.41. The Balaban J connectivity index is 2.12. The SMILES string of the molecule is COc1c(-c2cc(C(=O)O)no2)ccc2c1CCN2C. The lowest BCUT2D eigenvalue weighted by Gasteiger charge is -2.14. The van der Waals surface area contributed by atoms with Crippen LogP contribution in [0.4, 0.5) is 5.69 Å². The molecule has 6 nitrogen and oxygen atoms in total. The zero-order valence-corrected chi connectivity index (χ0v) is 11.2. The smallest absolute Gasteiger partial charge is 0.358 e. The highest BCUT2D eigenvalue weighted by molar-refractivity contribution is 5.87. The molecule has 1 aromatic carbocycles. The maximum atomic E-state index is 10.9. The summed E-state index contributed by atoms with van der Waals surface area (Å²) in [6, 6.07) is 5.26. The highest BCUT2D eigenvalue weighted by atomic mass is 16.5. The fourth-order valence-electron chi connectivity index (χ4n) is 2.55. The summed E-state index contributed by atoms with van der Waals surface area (Å²) in [5.74, 6) is 0.0106. The lowest BCUT2D eigenvalue weighted by Crippen LogP contribution is -2.12. The van der Waals surface area contributed by atoms with E-state index in [1.54, 1.807) is 7.11 Å². The average Bonchev–Trinajstić information content (AvgIpc) is 3.05. The number of rotatable bonds is 3. The summed E-state index contributed by atoms with van der Waals surface area (Å²) in [6.45, 7) is 0.936. The summed E-state index contributed by atoms with van der Waals surface area (Å²) in [5.41, 5.74) is 2.85. The Morgan fingerprint density at radius 1 is 1.50 bits per heavy atom. The van der Waals surface area contributed by atoms with Gasteiger partial charge in [0.25, 0.3) is 0 Å². The van der Waals surface area contributed by atoms with Crippen LogP contribution < -0.4 is 9.64 Å². The second kappa shape index (κ2) is 4.56. The number of hydrogen-bond acceptors (Lipinski definition) is 5. The number of aromatic nitrogens is 1. The van der Waals surface area contributed by atoms with Crippen LogP contribution in [0.25, 0.3) is 11.3 Å². The molecular formula is C14H14N2O4. The number of carboxylic acids is 1. The molecule has 0 saturated heterocycles.